The molecule has 0 aromatic heterocycles. The molecule has 3 nitrogen and oxygen atoms in total. The molecule has 2 N–H and O–H groups in total. The standard InChI is InChI=1S/C24H32N2O/c1-17(26-9-7-22(8-10-26)21-5-3-2-4-6-21)23(27)25-24-14-18-11-19(15-24)13-20(12-18)16-24/h2-7,17-20H,8-16H2,1H3,(H,25,27)/p+1/t17-,18?,19?,20?,24?/m1/s1. The van der Waals surface area contributed by atoms with Crippen molar-refractivity contribution in [2.24, 2.45) is 17.8 Å². The lowest BCUT2D eigenvalue weighted by Gasteiger charge is -2.57. The minimum atomic E-state index is 0.0478. The van der Waals surface area contributed by atoms with E-state index in [-0.39, 0.29) is 11.6 Å². The fraction of sp³-hybridized carbons (Fsp3) is 0.625. The van der Waals surface area contributed by atoms with Gasteiger partial charge in [-0.15, -0.1) is 0 Å². The number of rotatable bonds is 4. The van der Waals surface area contributed by atoms with E-state index in [4.69, 9.17) is 0 Å². The Kier molecular flexibility index (Phi) is 4.39. The van der Waals surface area contributed by atoms with Gasteiger partial charge in [0, 0.05) is 12.0 Å². The number of quaternary nitrogens is 1. The average molecular weight is 366 g/mol. The predicted octanol–water partition coefficient (Wildman–Crippen LogP) is 2.83. The van der Waals surface area contributed by atoms with Gasteiger partial charge in [-0.1, -0.05) is 30.3 Å². The van der Waals surface area contributed by atoms with Crippen LogP contribution in [0.25, 0.3) is 5.57 Å². The first-order chi connectivity index (χ1) is 13.1. The van der Waals surface area contributed by atoms with Gasteiger partial charge in [-0.3, -0.25) is 4.79 Å². The number of carbonyl (C=O) groups excluding carboxylic acids is 1. The van der Waals surface area contributed by atoms with Crippen LogP contribution in [0, 0.1) is 17.8 Å². The van der Waals surface area contributed by atoms with Gasteiger partial charge in [0.15, 0.2) is 6.04 Å². The molecule has 0 radical (unpaired) electrons. The van der Waals surface area contributed by atoms with Crippen LogP contribution >= 0.6 is 0 Å². The van der Waals surface area contributed by atoms with Gasteiger partial charge in [-0.2, -0.15) is 0 Å². The molecule has 144 valence electrons. The predicted molar refractivity (Wildman–Crippen MR) is 108 cm³/mol. The van der Waals surface area contributed by atoms with Crippen molar-refractivity contribution in [3.63, 3.8) is 0 Å². The maximum Gasteiger partial charge on any atom is 0.278 e. The minimum Gasteiger partial charge on any atom is -0.345 e. The van der Waals surface area contributed by atoms with Gasteiger partial charge in [-0.25, -0.2) is 0 Å². The number of carbonyl (C=O) groups is 1. The zero-order valence-electron chi connectivity index (χ0n) is 16.5. The van der Waals surface area contributed by atoms with Crippen molar-refractivity contribution in [1.29, 1.82) is 0 Å². The highest BCUT2D eigenvalue weighted by atomic mass is 16.2. The molecule has 27 heavy (non-hydrogen) atoms. The van der Waals surface area contributed by atoms with Crippen molar-refractivity contribution < 1.29 is 9.69 Å². The third kappa shape index (κ3) is 3.35. The van der Waals surface area contributed by atoms with Gasteiger partial charge in [0.25, 0.3) is 5.91 Å². The molecular formula is C24H33N2O+. The van der Waals surface area contributed by atoms with E-state index in [1.54, 1.807) is 0 Å². The Hall–Kier alpha value is -1.61. The number of benzene rings is 1. The first-order valence-corrected chi connectivity index (χ1v) is 11.0. The zero-order chi connectivity index (χ0) is 18.4. The topological polar surface area (TPSA) is 33.5 Å². The Morgan fingerprint density at radius 2 is 1.70 bits per heavy atom. The highest BCUT2D eigenvalue weighted by Gasteiger charge is 2.52. The summed E-state index contributed by atoms with van der Waals surface area (Å²) in [5.41, 5.74) is 2.91. The van der Waals surface area contributed by atoms with Crippen LogP contribution in [-0.2, 0) is 4.79 Å². The monoisotopic (exact) mass is 365 g/mol. The van der Waals surface area contributed by atoms with E-state index >= 15 is 0 Å². The van der Waals surface area contributed by atoms with Crippen molar-refractivity contribution >= 4 is 11.5 Å². The lowest BCUT2D eigenvalue weighted by Crippen LogP contribution is -3.17. The first kappa shape index (κ1) is 17.5. The van der Waals surface area contributed by atoms with Crippen LogP contribution in [0.5, 0.6) is 0 Å². The largest absolute Gasteiger partial charge is 0.345 e. The molecule has 1 heterocycles. The molecule has 6 rings (SSSR count). The molecule has 1 unspecified atom stereocenters. The summed E-state index contributed by atoms with van der Waals surface area (Å²) in [5, 5.41) is 3.58. The Morgan fingerprint density at radius 3 is 2.26 bits per heavy atom. The number of amides is 1. The molecule has 4 bridgehead atoms. The Morgan fingerprint density at radius 1 is 1.07 bits per heavy atom. The third-order valence-electron chi connectivity index (χ3n) is 7.90. The molecule has 4 fully saturated rings. The average Bonchev–Trinajstić information content (AvgIpc) is 2.67. The maximum atomic E-state index is 13.1. The van der Waals surface area contributed by atoms with Crippen LogP contribution in [0.4, 0.5) is 0 Å². The SMILES string of the molecule is C[C@H](C(=O)NC12CC3CC(CC(C3)C1)C2)[NH+]1CC=C(c2ccccc2)CC1. The zero-order valence-corrected chi connectivity index (χ0v) is 16.5. The molecule has 1 aliphatic heterocycles. The van der Waals surface area contributed by atoms with Crippen molar-refractivity contribution in [1.82, 2.24) is 5.32 Å². The van der Waals surface area contributed by atoms with Crippen LogP contribution in [-0.4, -0.2) is 30.6 Å². The highest BCUT2D eigenvalue weighted by Crippen LogP contribution is 2.55. The Bertz CT molecular complexity index is 703. The summed E-state index contributed by atoms with van der Waals surface area (Å²) in [4.78, 5) is 14.5. The van der Waals surface area contributed by atoms with E-state index in [0.29, 0.717) is 5.91 Å². The number of hydrogen-bond acceptors (Lipinski definition) is 1. The molecule has 5 aliphatic rings. The summed E-state index contributed by atoms with van der Waals surface area (Å²) < 4.78 is 0. The molecule has 1 amide bonds. The first-order valence-electron chi connectivity index (χ1n) is 11.0. The summed E-state index contributed by atoms with van der Waals surface area (Å²) in [6.45, 7) is 4.14. The molecule has 4 aliphatic carbocycles. The van der Waals surface area contributed by atoms with E-state index < -0.39 is 0 Å². The summed E-state index contributed by atoms with van der Waals surface area (Å²) in [5.74, 6) is 2.94. The van der Waals surface area contributed by atoms with Crippen molar-refractivity contribution in [2.45, 2.75) is 63.5 Å². The molecule has 2 atom stereocenters. The molecule has 1 aromatic rings. The van der Waals surface area contributed by atoms with Crippen LogP contribution in [0.15, 0.2) is 36.4 Å². The maximum absolute atomic E-state index is 13.1. The van der Waals surface area contributed by atoms with Gasteiger partial charge in [0.1, 0.15) is 0 Å². The molecule has 0 saturated heterocycles. The number of hydrogen-bond donors (Lipinski definition) is 2. The molecule has 4 saturated carbocycles. The number of nitrogens with one attached hydrogen (secondary N) is 2. The van der Waals surface area contributed by atoms with Crippen LogP contribution in [0.1, 0.15) is 57.4 Å². The van der Waals surface area contributed by atoms with Gasteiger partial charge in [0.05, 0.1) is 13.1 Å². The van der Waals surface area contributed by atoms with Crippen LogP contribution in [0.3, 0.4) is 0 Å². The lowest BCUT2D eigenvalue weighted by molar-refractivity contribution is -0.909. The normalized spacial score (nSPS) is 38.3. The van der Waals surface area contributed by atoms with E-state index in [1.807, 2.05) is 0 Å². The van der Waals surface area contributed by atoms with Gasteiger partial charge >= 0.3 is 0 Å². The second kappa shape index (κ2) is 6.77. The Balaban J connectivity index is 1.22. The fourth-order valence-corrected chi connectivity index (χ4v) is 6.88. The van der Waals surface area contributed by atoms with Gasteiger partial charge in [0.2, 0.25) is 0 Å². The summed E-state index contributed by atoms with van der Waals surface area (Å²) >= 11 is 0. The minimum absolute atomic E-state index is 0.0478. The Labute approximate surface area is 163 Å². The second-order valence-electron chi connectivity index (χ2n) is 9.87. The molecule has 0 spiro atoms. The van der Waals surface area contributed by atoms with E-state index in [1.165, 1.54) is 54.6 Å². The van der Waals surface area contributed by atoms with Crippen LogP contribution in [0.2, 0.25) is 0 Å². The summed E-state index contributed by atoms with van der Waals surface area (Å²) in [6, 6.07) is 10.7. The third-order valence-corrected chi connectivity index (χ3v) is 7.90. The quantitative estimate of drug-likeness (QED) is 0.845. The van der Waals surface area contributed by atoms with Gasteiger partial charge < -0.3 is 10.2 Å². The van der Waals surface area contributed by atoms with E-state index in [9.17, 15) is 4.79 Å². The lowest BCUT2D eigenvalue weighted by atomic mass is 9.53. The van der Waals surface area contributed by atoms with Gasteiger partial charge in [-0.05, 0) is 80.4 Å². The van der Waals surface area contributed by atoms with Crippen LogP contribution < -0.4 is 10.2 Å². The molecule has 3 heteroatoms. The summed E-state index contributed by atoms with van der Waals surface area (Å²) in [6.07, 6.45) is 11.4. The highest BCUT2D eigenvalue weighted by molar-refractivity contribution is 5.81. The second-order valence-corrected chi connectivity index (χ2v) is 9.87. The smallest absolute Gasteiger partial charge is 0.278 e. The van der Waals surface area contributed by atoms with Crippen molar-refractivity contribution in [3.8, 4) is 0 Å². The fourth-order valence-electron chi connectivity index (χ4n) is 6.88. The summed E-state index contributed by atoms with van der Waals surface area (Å²) in [7, 11) is 0. The van der Waals surface area contributed by atoms with E-state index in [0.717, 1.165) is 37.3 Å². The molecular weight excluding hydrogens is 332 g/mol. The van der Waals surface area contributed by atoms with Crippen molar-refractivity contribution in [2.75, 3.05) is 13.1 Å². The van der Waals surface area contributed by atoms with Crippen molar-refractivity contribution in [3.05, 3.63) is 42.0 Å². The van der Waals surface area contributed by atoms with E-state index in [2.05, 4.69) is 48.6 Å². The molecule has 1 aromatic carbocycles.